The van der Waals surface area contributed by atoms with Crippen LogP contribution in [0.1, 0.15) is 5.56 Å². The Morgan fingerprint density at radius 3 is 3.07 bits per heavy atom. The van der Waals surface area contributed by atoms with Gasteiger partial charge in [-0.2, -0.15) is 5.26 Å². The van der Waals surface area contributed by atoms with Crippen LogP contribution in [-0.2, 0) is 4.74 Å². The lowest BCUT2D eigenvalue weighted by molar-refractivity contribution is 0.133. The predicted octanol–water partition coefficient (Wildman–Crippen LogP) is 0.427. The van der Waals surface area contributed by atoms with Gasteiger partial charge in [0, 0.05) is 6.20 Å². The molecule has 15 heavy (non-hydrogen) atoms. The van der Waals surface area contributed by atoms with Crippen LogP contribution in [0.25, 0.3) is 0 Å². The highest BCUT2D eigenvalue weighted by atomic mass is 16.6. The number of nitriles is 1. The number of carbonyl (C=O) groups excluding carboxylic acids is 1. The van der Waals surface area contributed by atoms with Crippen molar-refractivity contribution in [2.45, 2.75) is 0 Å². The Hall–Kier alpha value is -2.29. The van der Waals surface area contributed by atoms with Gasteiger partial charge in [-0.25, -0.2) is 4.79 Å². The summed E-state index contributed by atoms with van der Waals surface area (Å²) in [6, 6.07) is 3.48. The number of nitrogens with two attached hydrogens (primary N) is 1. The van der Waals surface area contributed by atoms with Crippen molar-refractivity contribution in [1.29, 1.82) is 5.26 Å². The number of ether oxygens (including phenoxy) is 2. The van der Waals surface area contributed by atoms with Gasteiger partial charge >= 0.3 is 6.09 Å². The average molecular weight is 207 g/mol. The number of amides is 1. The van der Waals surface area contributed by atoms with Crippen molar-refractivity contribution in [3.63, 3.8) is 0 Å². The highest BCUT2D eigenvalue weighted by molar-refractivity contribution is 5.64. The van der Waals surface area contributed by atoms with Crippen LogP contribution < -0.4 is 10.5 Å². The summed E-state index contributed by atoms with van der Waals surface area (Å²) in [5.41, 5.74) is 5.13. The van der Waals surface area contributed by atoms with Gasteiger partial charge in [-0.1, -0.05) is 0 Å². The van der Waals surface area contributed by atoms with Gasteiger partial charge in [-0.3, -0.25) is 4.98 Å². The van der Waals surface area contributed by atoms with Crippen LogP contribution >= 0.6 is 0 Å². The molecule has 6 heteroatoms. The fourth-order valence-electron chi connectivity index (χ4n) is 0.881. The predicted molar refractivity (Wildman–Crippen MR) is 50.0 cm³/mol. The van der Waals surface area contributed by atoms with Gasteiger partial charge in [0.05, 0.1) is 11.8 Å². The van der Waals surface area contributed by atoms with E-state index in [0.717, 1.165) is 0 Å². The van der Waals surface area contributed by atoms with Crippen LogP contribution in [0.4, 0.5) is 4.79 Å². The Kier molecular flexibility index (Phi) is 3.91. The van der Waals surface area contributed by atoms with Gasteiger partial charge in [-0.15, -0.1) is 0 Å². The molecule has 0 spiro atoms. The van der Waals surface area contributed by atoms with Crippen molar-refractivity contribution < 1.29 is 14.3 Å². The molecule has 0 aliphatic carbocycles. The molecule has 1 heterocycles. The van der Waals surface area contributed by atoms with E-state index in [9.17, 15) is 4.79 Å². The molecule has 0 aromatic carbocycles. The van der Waals surface area contributed by atoms with Crippen molar-refractivity contribution >= 4 is 6.09 Å². The third kappa shape index (κ3) is 3.52. The molecule has 0 radical (unpaired) electrons. The summed E-state index contributed by atoms with van der Waals surface area (Å²) in [7, 11) is 0. The average Bonchev–Trinajstić information content (AvgIpc) is 2.24. The number of rotatable bonds is 4. The van der Waals surface area contributed by atoms with Crippen LogP contribution in [0.3, 0.4) is 0 Å². The quantitative estimate of drug-likeness (QED) is 0.721. The number of pyridine rings is 1. The summed E-state index contributed by atoms with van der Waals surface area (Å²) < 4.78 is 9.61. The lowest BCUT2D eigenvalue weighted by Crippen LogP contribution is -2.17. The van der Waals surface area contributed by atoms with Crippen LogP contribution in [0.5, 0.6) is 5.75 Å². The van der Waals surface area contributed by atoms with Crippen molar-refractivity contribution in [1.82, 2.24) is 4.98 Å². The van der Waals surface area contributed by atoms with Gasteiger partial charge < -0.3 is 15.2 Å². The van der Waals surface area contributed by atoms with Crippen LogP contribution in [0, 0.1) is 11.3 Å². The molecule has 1 amide bonds. The molecule has 78 valence electrons. The highest BCUT2D eigenvalue weighted by Crippen LogP contribution is 2.14. The summed E-state index contributed by atoms with van der Waals surface area (Å²) in [5.74, 6) is 0.355. The minimum atomic E-state index is -0.856. The monoisotopic (exact) mass is 207 g/mol. The number of primary amides is 1. The Morgan fingerprint density at radius 1 is 1.60 bits per heavy atom. The molecule has 0 aliphatic rings. The zero-order chi connectivity index (χ0) is 11.1. The Labute approximate surface area is 86.2 Å². The largest absolute Gasteiger partial charge is 0.487 e. The molecular formula is C9H9N3O3. The summed E-state index contributed by atoms with van der Waals surface area (Å²) in [5, 5.41) is 8.70. The topological polar surface area (TPSA) is 98.2 Å². The molecule has 6 nitrogen and oxygen atoms in total. The normalized spacial score (nSPS) is 9.00. The number of carbonyl (C=O) groups is 1. The number of nitrogens with zero attached hydrogens (tertiary/aromatic N) is 2. The van der Waals surface area contributed by atoms with Crippen LogP contribution in [0.2, 0.25) is 0 Å². The maximum absolute atomic E-state index is 10.2. The lowest BCUT2D eigenvalue weighted by Gasteiger charge is -2.06. The number of hydrogen-bond acceptors (Lipinski definition) is 5. The van der Waals surface area contributed by atoms with Gasteiger partial charge in [-0.05, 0) is 6.07 Å². The van der Waals surface area contributed by atoms with Gasteiger partial charge in [0.25, 0.3) is 0 Å². The minimum absolute atomic E-state index is 0.0368. The lowest BCUT2D eigenvalue weighted by atomic mass is 10.3. The number of aromatic nitrogens is 1. The van der Waals surface area contributed by atoms with E-state index in [0.29, 0.717) is 11.3 Å². The van der Waals surface area contributed by atoms with E-state index in [1.54, 1.807) is 0 Å². The zero-order valence-electron chi connectivity index (χ0n) is 7.84. The van der Waals surface area contributed by atoms with E-state index >= 15 is 0 Å². The van der Waals surface area contributed by atoms with E-state index in [4.69, 9.17) is 15.7 Å². The summed E-state index contributed by atoms with van der Waals surface area (Å²) >= 11 is 0. The molecule has 1 aromatic rings. The van der Waals surface area contributed by atoms with E-state index in [1.165, 1.54) is 18.5 Å². The molecule has 1 aromatic heterocycles. The van der Waals surface area contributed by atoms with Gasteiger partial charge in [0.1, 0.15) is 19.3 Å². The van der Waals surface area contributed by atoms with Crippen molar-refractivity contribution in [3.8, 4) is 11.8 Å². The van der Waals surface area contributed by atoms with Crippen molar-refractivity contribution in [2.75, 3.05) is 13.2 Å². The maximum atomic E-state index is 10.2. The first kappa shape index (κ1) is 10.8. The molecule has 0 saturated carbocycles. The molecule has 1 rings (SSSR count). The fraction of sp³-hybridized carbons (Fsp3) is 0.222. The Balaban J connectivity index is 2.44. The molecule has 0 saturated heterocycles. The number of hydrogen-bond donors (Lipinski definition) is 1. The summed E-state index contributed by atoms with van der Waals surface area (Å²) in [6.45, 7) is 0.165. The standard InChI is InChI=1S/C9H9N3O3/c10-5-7-1-2-12-6-8(7)14-3-4-15-9(11)13/h1-2,6H,3-4H2,(H2,11,13). The van der Waals surface area contributed by atoms with E-state index in [1.807, 2.05) is 6.07 Å². The molecule has 2 N–H and O–H groups in total. The second-order valence-corrected chi connectivity index (χ2v) is 2.50. The first-order chi connectivity index (χ1) is 7.24. The van der Waals surface area contributed by atoms with Crippen molar-refractivity contribution in [2.24, 2.45) is 5.73 Å². The third-order valence-corrected chi connectivity index (χ3v) is 1.49. The second-order valence-electron chi connectivity index (χ2n) is 2.50. The molecule has 0 fully saturated rings. The first-order valence-electron chi connectivity index (χ1n) is 4.13. The van der Waals surface area contributed by atoms with Crippen molar-refractivity contribution in [3.05, 3.63) is 24.0 Å². The van der Waals surface area contributed by atoms with Gasteiger partial charge in [0.2, 0.25) is 0 Å². The molecular weight excluding hydrogens is 198 g/mol. The molecule has 0 atom stereocenters. The van der Waals surface area contributed by atoms with Gasteiger partial charge in [0.15, 0.2) is 5.75 Å². The smallest absolute Gasteiger partial charge is 0.404 e. The SMILES string of the molecule is N#Cc1ccncc1OCCOC(N)=O. The van der Waals surface area contributed by atoms with E-state index in [2.05, 4.69) is 9.72 Å². The summed E-state index contributed by atoms with van der Waals surface area (Å²) in [4.78, 5) is 14.0. The summed E-state index contributed by atoms with van der Waals surface area (Å²) in [6.07, 6.45) is 2.05. The Bertz CT molecular complexity index is 386. The van der Waals surface area contributed by atoms with Crippen LogP contribution in [0.15, 0.2) is 18.5 Å². The molecule has 0 aliphatic heterocycles. The highest BCUT2D eigenvalue weighted by Gasteiger charge is 2.02. The minimum Gasteiger partial charge on any atom is -0.487 e. The Morgan fingerprint density at radius 2 is 2.40 bits per heavy atom. The zero-order valence-corrected chi connectivity index (χ0v) is 7.84. The van der Waals surface area contributed by atoms with E-state index in [-0.39, 0.29) is 13.2 Å². The fourth-order valence-corrected chi connectivity index (χ4v) is 0.881. The first-order valence-corrected chi connectivity index (χ1v) is 4.13. The second kappa shape index (κ2) is 5.44. The molecule has 0 bridgehead atoms. The van der Waals surface area contributed by atoms with Crippen LogP contribution in [-0.4, -0.2) is 24.3 Å². The molecule has 0 unspecified atom stereocenters. The maximum Gasteiger partial charge on any atom is 0.404 e. The third-order valence-electron chi connectivity index (χ3n) is 1.49. The van der Waals surface area contributed by atoms with E-state index < -0.39 is 6.09 Å².